The van der Waals surface area contributed by atoms with Crippen molar-refractivity contribution < 1.29 is 9.90 Å². The zero-order valence-corrected chi connectivity index (χ0v) is 14.3. The molecule has 1 aliphatic rings. The Labute approximate surface area is 136 Å². The van der Waals surface area contributed by atoms with Crippen molar-refractivity contribution >= 4 is 17.4 Å². The first-order chi connectivity index (χ1) is 10.6. The Morgan fingerprint density at radius 2 is 2.14 bits per heavy atom. The van der Waals surface area contributed by atoms with Gasteiger partial charge in [0.25, 0.3) is 0 Å². The van der Waals surface area contributed by atoms with Gasteiger partial charge in [-0.15, -0.1) is 11.3 Å². The third kappa shape index (κ3) is 4.95. The van der Waals surface area contributed by atoms with E-state index in [-0.39, 0.29) is 24.7 Å². The van der Waals surface area contributed by atoms with Gasteiger partial charge in [-0.3, -0.25) is 0 Å². The van der Waals surface area contributed by atoms with Crippen LogP contribution in [0.25, 0.3) is 0 Å². The van der Waals surface area contributed by atoms with Gasteiger partial charge < -0.3 is 15.7 Å². The number of carbonyl (C=O) groups is 1. The molecule has 0 saturated heterocycles. The summed E-state index contributed by atoms with van der Waals surface area (Å²) in [6, 6.07) is -0.195. The molecule has 2 amide bonds. The van der Waals surface area contributed by atoms with E-state index >= 15 is 0 Å². The molecule has 22 heavy (non-hydrogen) atoms. The molecule has 2 atom stereocenters. The van der Waals surface area contributed by atoms with Crippen LogP contribution < -0.4 is 10.6 Å². The predicted molar refractivity (Wildman–Crippen MR) is 89.0 cm³/mol. The van der Waals surface area contributed by atoms with Gasteiger partial charge in [0.2, 0.25) is 0 Å². The molecule has 1 aliphatic carbocycles. The second-order valence-corrected chi connectivity index (χ2v) is 7.43. The maximum absolute atomic E-state index is 12.2. The molecule has 5 nitrogen and oxygen atoms in total. The first-order valence-corrected chi connectivity index (χ1v) is 9.02. The second-order valence-electron chi connectivity index (χ2n) is 6.17. The minimum absolute atomic E-state index is 0.0653. The molecule has 6 heteroatoms. The molecule has 1 heterocycles. The van der Waals surface area contributed by atoms with Crippen LogP contribution in [-0.4, -0.2) is 28.8 Å². The fraction of sp³-hybridized carbons (Fsp3) is 0.750. The standard InChI is InChI=1S/C16H27N3O2S/c1-11-10-17-15(22-11)12(2)18-16(21)19-14(8-9-20)13-6-4-3-5-7-13/h10,12-14,20H,3-9H2,1-2H3,(H2,18,19,21). The van der Waals surface area contributed by atoms with Crippen molar-refractivity contribution in [2.75, 3.05) is 6.61 Å². The lowest BCUT2D eigenvalue weighted by Gasteiger charge is -2.31. The van der Waals surface area contributed by atoms with E-state index in [4.69, 9.17) is 0 Å². The Hall–Kier alpha value is -1.14. The topological polar surface area (TPSA) is 74.2 Å². The minimum Gasteiger partial charge on any atom is -0.396 e. The van der Waals surface area contributed by atoms with Crippen molar-refractivity contribution in [3.05, 3.63) is 16.1 Å². The number of hydrogen-bond acceptors (Lipinski definition) is 4. The monoisotopic (exact) mass is 325 g/mol. The lowest BCUT2D eigenvalue weighted by molar-refractivity contribution is 0.195. The zero-order chi connectivity index (χ0) is 15.9. The normalized spacial score (nSPS) is 18.7. The van der Waals surface area contributed by atoms with Crippen molar-refractivity contribution in [2.45, 2.75) is 64.5 Å². The van der Waals surface area contributed by atoms with Gasteiger partial charge in [0.05, 0.1) is 6.04 Å². The molecule has 1 aromatic rings. The van der Waals surface area contributed by atoms with E-state index in [1.165, 1.54) is 19.3 Å². The summed E-state index contributed by atoms with van der Waals surface area (Å²) in [6.07, 6.45) is 8.48. The Balaban J connectivity index is 1.87. The largest absolute Gasteiger partial charge is 0.396 e. The van der Waals surface area contributed by atoms with Crippen LogP contribution in [0.2, 0.25) is 0 Å². The lowest BCUT2D eigenvalue weighted by Crippen LogP contribution is -2.47. The van der Waals surface area contributed by atoms with Crippen LogP contribution in [0.5, 0.6) is 0 Å². The number of amides is 2. The number of aliphatic hydroxyl groups is 1. The molecular weight excluding hydrogens is 298 g/mol. The lowest BCUT2D eigenvalue weighted by atomic mass is 9.83. The third-order valence-corrected chi connectivity index (χ3v) is 5.43. The van der Waals surface area contributed by atoms with Gasteiger partial charge in [0.15, 0.2) is 0 Å². The van der Waals surface area contributed by atoms with E-state index in [2.05, 4.69) is 15.6 Å². The Bertz CT molecular complexity index is 472. The number of aryl methyl sites for hydroxylation is 1. The Morgan fingerprint density at radius 3 is 2.73 bits per heavy atom. The van der Waals surface area contributed by atoms with Gasteiger partial charge in [-0.2, -0.15) is 0 Å². The van der Waals surface area contributed by atoms with Gasteiger partial charge in [-0.1, -0.05) is 19.3 Å². The van der Waals surface area contributed by atoms with Crippen molar-refractivity contribution in [3.8, 4) is 0 Å². The average Bonchev–Trinajstić information content (AvgIpc) is 2.94. The molecule has 1 fully saturated rings. The number of carbonyl (C=O) groups excluding carboxylic acids is 1. The number of aromatic nitrogens is 1. The van der Waals surface area contributed by atoms with Gasteiger partial charge in [0.1, 0.15) is 5.01 Å². The van der Waals surface area contributed by atoms with Crippen LogP contribution in [0.3, 0.4) is 0 Å². The number of rotatable bonds is 6. The molecule has 2 unspecified atom stereocenters. The van der Waals surface area contributed by atoms with Crippen molar-refractivity contribution in [1.29, 1.82) is 0 Å². The molecule has 2 rings (SSSR count). The number of nitrogens with zero attached hydrogens (tertiary/aromatic N) is 1. The zero-order valence-electron chi connectivity index (χ0n) is 13.5. The van der Waals surface area contributed by atoms with E-state index in [0.717, 1.165) is 22.7 Å². The van der Waals surface area contributed by atoms with Crippen LogP contribution in [0.15, 0.2) is 6.20 Å². The molecule has 0 aliphatic heterocycles. The van der Waals surface area contributed by atoms with E-state index < -0.39 is 0 Å². The predicted octanol–water partition coefficient (Wildman–Crippen LogP) is 3.14. The number of hydrogen-bond donors (Lipinski definition) is 3. The van der Waals surface area contributed by atoms with Crippen molar-refractivity contribution in [2.24, 2.45) is 5.92 Å². The maximum Gasteiger partial charge on any atom is 0.315 e. The highest BCUT2D eigenvalue weighted by atomic mass is 32.1. The molecule has 0 bridgehead atoms. The SMILES string of the molecule is Cc1cnc(C(C)NC(=O)NC(CCO)C2CCCCC2)s1. The van der Waals surface area contributed by atoms with E-state index in [9.17, 15) is 9.90 Å². The van der Waals surface area contributed by atoms with Gasteiger partial charge >= 0.3 is 6.03 Å². The molecule has 1 aromatic heterocycles. The van der Waals surface area contributed by atoms with Crippen LogP contribution in [-0.2, 0) is 0 Å². The summed E-state index contributed by atoms with van der Waals surface area (Å²) in [5.41, 5.74) is 0. The first kappa shape index (κ1) is 17.2. The molecule has 0 radical (unpaired) electrons. The fourth-order valence-corrected chi connectivity index (χ4v) is 3.92. The molecule has 0 spiro atoms. The molecule has 3 N–H and O–H groups in total. The quantitative estimate of drug-likeness (QED) is 0.752. The van der Waals surface area contributed by atoms with Crippen LogP contribution >= 0.6 is 11.3 Å². The van der Waals surface area contributed by atoms with E-state index in [1.807, 2.05) is 20.0 Å². The highest BCUT2D eigenvalue weighted by Crippen LogP contribution is 2.27. The summed E-state index contributed by atoms with van der Waals surface area (Å²) < 4.78 is 0. The van der Waals surface area contributed by atoms with E-state index in [0.29, 0.717) is 12.3 Å². The summed E-state index contributed by atoms with van der Waals surface area (Å²) in [7, 11) is 0. The maximum atomic E-state index is 12.2. The Kier molecular flexibility index (Phi) is 6.64. The number of aliphatic hydroxyl groups excluding tert-OH is 1. The van der Waals surface area contributed by atoms with Crippen molar-refractivity contribution in [3.63, 3.8) is 0 Å². The molecule has 1 saturated carbocycles. The Morgan fingerprint density at radius 1 is 1.41 bits per heavy atom. The summed E-state index contributed by atoms with van der Waals surface area (Å²) in [4.78, 5) is 17.7. The number of urea groups is 1. The first-order valence-electron chi connectivity index (χ1n) is 8.20. The average molecular weight is 325 g/mol. The molecular formula is C16H27N3O2S. The molecule has 0 aromatic carbocycles. The number of thiazole rings is 1. The highest BCUT2D eigenvalue weighted by Gasteiger charge is 2.25. The second kappa shape index (κ2) is 8.48. The summed E-state index contributed by atoms with van der Waals surface area (Å²) in [5, 5.41) is 16.2. The minimum atomic E-state index is -0.163. The summed E-state index contributed by atoms with van der Waals surface area (Å²) in [5.74, 6) is 0.490. The van der Waals surface area contributed by atoms with Crippen molar-refractivity contribution in [1.82, 2.24) is 15.6 Å². The van der Waals surface area contributed by atoms with Crippen LogP contribution in [0.1, 0.15) is 61.4 Å². The summed E-state index contributed by atoms with van der Waals surface area (Å²) in [6.45, 7) is 4.07. The fourth-order valence-electron chi connectivity index (χ4n) is 3.14. The summed E-state index contributed by atoms with van der Waals surface area (Å²) >= 11 is 1.60. The highest BCUT2D eigenvalue weighted by molar-refractivity contribution is 7.11. The van der Waals surface area contributed by atoms with Gasteiger partial charge in [-0.25, -0.2) is 9.78 Å². The molecule has 124 valence electrons. The van der Waals surface area contributed by atoms with E-state index in [1.54, 1.807) is 11.3 Å². The smallest absolute Gasteiger partial charge is 0.315 e. The van der Waals surface area contributed by atoms with Crippen LogP contribution in [0, 0.1) is 12.8 Å². The van der Waals surface area contributed by atoms with Gasteiger partial charge in [0, 0.05) is 23.7 Å². The number of nitrogens with one attached hydrogen (secondary N) is 2. The van der Waals surface area contributed by atoms with Gasteiger partial charge in [-0.05, 0) is 39.0 Å². The third-order valence-electron chi connectivity index (χ3n) is 4.33. The van der Waals surface area contributed by atoms with Crippen LogP contribution in [0.4, 0.5) is 4.79 Å².